The van der Waals surface area contributed by atoms with E-state index in [0.29, 0.717) is 5.92 Å². The third-order valence-corrected chi connectivity index (χ3v) is 3.89. The van der Waals surface area contributed by atoms with Crippen LogP contribution in [0.5, 0.6) is 0 Å². The molecule has 0 unspecified atom stereocenters. The lowest BCUT2D eigenvalue weighted by Gasteiger charge is -2.08. The van der Waals surface area contributed by atoms with Crippen LogP contribution in [0.15, 0.2) is 41.5 Å². The molecule has 0 N–H and O–H groups in total. The second-order valence-corrected chi connectivity index (χ2v) is 5.66. The van der Waals surface area contributed by atoms with Crippen LogP contribution in [0.3, 0.4) is 0 Å². The van der Waals surface area contributed by atoms with E-state index in [-0.39, 0.29) is 0 Å². The summed E-state index contributed by atoms with van der Waals surface area (Å²) in [4.78, 5) is 2.13. The van der Waals surface area contributed by atoms with Gasteiger partial charge in [-0.1, -0.05) is 18.2 Å². The zero-order valence-corrected chi connectivity index (χ0v) is 11.5. The third-order valence-electron chi connectivity index (χ3n) is 3.89. The van der Waals surface area contributed by atoms with Gasteiger partial charge in [-0.2, -0.15) is 13.2 Å². The molecule has 106 valence electrons. The Balaban J connectivity index is 1.83. The smallest absolute Gasteiger partial charge is 0.305 e. The summed E-state index contributed by atoms with van der Waals surface area (Å²) in [7, 11) is 4.06. The first kappa shape index (κ1) is 13.4. The van der Waals surface area contributed by atoms with Gasteiger partial charge in [0.1, 0.15) is 0 Å². The van der Waals surface area contributed by atoms with Gasteiger partial charge in [0.2, 0.25) is 0 Å². The van der Waals surface area contributed by atoms with Crippen LogP contribution < -0.4 is 0 Å². The van der Waals surface area contributed by atoms with Gasteiger partial charge in [0.05, 0.1) is 5.56 Å². The molecule has 0 spiro atoms. The van der Waals surface area contributed by atoms with E-state index in [1.165, 1.54) is 11.1 Å². The molecule has 2 aliphatic carbocycles. The van der Waals surface area contributed by atoms with Crippen LogP contribution in [0, 0.1) is 5.92 Å². The fraction of sp³-hybridized carbons (Fsp3) is 0.375. The summed E-state index contributed by atoms with van der Waals surface area (Å²) in [6, 6.07) is 5.49. The summed E-state index contributed by atoms with van der Waals surface area (Å²) in [5.41, 5.74) is 4.21. The molecule has 2 aliphatic rings. The topological polar surface area (TPSA) is 3.24 Å². The number of fused-ring (bicyclic) bond motifs is 1. The van der Waals surface area contributed by atoms with Gasteiger partial charge in [-0.3, -0.25) is 0 Å². The van der Waals surface area contributed by atoms with Crippen molar-refractivity contribution in [2.45, 2.75) is 12.6 Å². The molecule has 0 radical (unpaired) electrons. The highest BCUT2D eigenvalue weighted by Gasteiger charge is 2.41. The second kappa shape index (κ2) is 4.48. The highest BCUT2D eigenvalue weighted by atomic mass is 19.4. The number of benzene rings is 1. The van der Waals surface area contributed by atoms with Crippen molar-refractivity contribution in [2.24, 2.45) is 5.92 Å². The summed E-state index contributed by atoms with van der Waals surface area (Å²) in [6.45, 7) is 0.942. The maximum atomic E-state index is 12.6. The Morgan fingerprint density at radius 2 is 1.80 bits per heavy atom. The molecular weight excluding hydrogens is 263 g/mol. The second-order valence-electron chi connectivity index (χ2n) is 5.66. The predicted molar refractivity (Wildman–Crippen MR) is 73.1 cm³/mol. The monoisotopic (exact) mass is 279 g/mol. The molecule has 0 fully saturated rings. The van der Waals surface area contributed by atoms with Crippen LogP contribution in [0.25, 0.3) is 5.57 Å². The molecular formula is C16H16F3N. The van der Waals surface area contributed by atoms with E-state index in [0.717, 1.165) is 36.2 Å². The van der Waals surface area contributed by atoms with E-state index in [9.17, 15) is 13.2 Å². The molecule has 0 aliphatic heterocycles. The van der Waals surface area contributed by atoms with E-state index in [4.69, 9.17) is 0 Å². The number of hydrogen-bond acceptors (Lipinski definition) is 1. The minimum absolute atomic E-state index is 0.537. The molecule has 20 heavy (non-hydrogen) atoms. The van der Waals surface area contributed by atoms with Gasteiger partial charge in [-0.25, -0.2) is 0 Å². The fourth-order valence-electron chi connectivity index (χ4n) is 2.93. The van der Waals surface area contributed by atoms with Gasteiger partial charge in [0.15, 0.2) is 0 Å². The molecule has 0 amide bonds. The highest BCUT2D eigenvalue weighted by molar-refractivity contribution is 5.89. The third kappa shape index (κ3) is 2.29. The first-order valence-corrected chi connectivity index (χ1v) is 6.64. The molecule has 0 bridgehead atoms. The number of likely N-dealkylation sites (N-methyl/N-ethyl adjacent to an activating group) is 1. The van der Waals surface area contributed by atoms with Crippen LogP contribution in [-0.2, 0) is 6.18 Å². The molecule has 1 aromatic carbocycles. The average Bonchev–Trinajstić information content (AvgIpc) is 2.85. The van der Waals surface area contributed by atoms with Crippen molar-refractivity contribution < 1.29 is 13.2 Å². The average molecular weight is 279 g/mol. The fourth-order valence-corrected chi connectivity index (χ4v) is 2.93. The zero-order chi connectivity index (χ0) is 14.5. The maximum absolute atomic E-state index is 12.6. The first-order chi connectivity index (χ1) is 9.38. The Bertz CT molecular complexity index is 591. The van der Waals surface area contributed by atoms with Gasteiger partial charge in [-0.15, -0.1) is 0 Å². The highest BCUT2D eigenvalue weighted by Crippen LogP contribution is 2.55. The van der Waals surface area contributed by atoms with Gasteiger partial charge >= 0.3 is 6.18 Å². The van der Waals surface area contributed by atoms with Crippen molar-refractivity contribution in [3.8, 4) is 0 Å². The first-order valence-electron chi connectivity index (χ1n) is 6.64. The van der Waals surface area contributed by atoms with Crippen LogP contribution >= 0.6 is 0 Å². The number of rotatable bonds is 3. The number of hydrogen-bond donors (Lipinski definition) is 0. The van der Waals surface area contributed by atoms with Gasteiger partial charge in [0, 0.05) is 12.5 Å². The molecule has 1 nitrogen and oxygen atoms in total. The van der Waals surface area contributed by atoms with Crippen molar-refractivity contribution in [1.29, 1.82) is 0 Å². The summed E-state index contributed by atoms with van der Waals surface area (Å²) in [6.07, 6.45) is -1.13. The molecule has 0 saturated carbocycles. The normalized spacial score (nSPS) is 21.3. The Morgan fingerprint density at radius 1 is 1.15 bits per heavy atom. The van der Waals surface area contributed by atoms with Crippen LogP contribution in [-0.4, -0.2) is 25.5 Å². The lowest BCUT2D eigenvalue weighted by atomic mass is 10.0. The van der Waals surface area contributed by atoms with E-state index in [2.05, 4.69) is 11.0 Å². The summed E-state index contributed by atoms with van der Waals surface area (Å²) >= 11 is 0. The zero-order valence-electron chi connectivity index (χ0n) is 11.5. The molecule has 0 saturated heterocycles. The molecule has 0 aromatic heterocycles. The molecule has 4 heteroatoms. The number of alkyl halides is 3. The van der Waals surface area contributed by atoms with Crippen LogP contribution in [0.2, 0.25) is 0 Å². The van der Waals surface area contributed by atoms with E-state index < -0.39 is 11.7 Å². The van der Waals surface area contributed by atoms with Crippen LogP contribution in [0.4, 0.5) is 13.2 Å². The van der Waals surface area contributed by atoms with Crippen molar-refractivity contribution in [2.75, 3.05) is 20.6 Å². The minimum Gasteiger partial charge on any atom is -0.305 e. The van der Waals surface area contributed by atoms with Crippen molar-refractivity contribution in [3.05, 3.63) is 52.6 Å². The van der Waals surface area contributed by atoms with E-state index >= 15 is 0 Å². The lowest BCUT2D eigenvalue weighted by molar-refractivity contribution is -0.137. The SMILES string of the molecule is CN(C)CC1=C2C(c3ccc(C(F)(F)F)cc3)=CC[C@@H]12. The Hall–Kier alpha value is -1.55. The molecule has 1 atom stereocenters. The van der Waals surface area contributed by atoms with E-state index in [1.54, 1.807) is 12.1 Å². The summed E-state index contributed by atoms with van der Waals surface area (Å²) in [5, 5.41) is 0. The van der Waals surface area contributed by atoms with Crippen molar-refractivity contribution >= 4 is 5.57 Å². The quantitative estimate of drug-likeness (QED) is 0.809. The Morgan fingerprint density at radius 3 is 2.35 bits per heavy atom. The Kier molecular flexibility index (Phi) is 3.01. The number of halogens is 3. The van der Waals surface area contributed by atoms with Crippen molar-refractivity contribution in [3.63, 3.8) is 0 Å². The molecule has 1 aromatic rings. The maximum Gasteiger partial charge on any atom is 0.416 e. The summed E-state index contributed by atoms with van der Waals surface area (Å²) in [5.74, 6) is 0.537. The largest absolute Gasteiger partial charge is 0.416 e. The summed E-state index contributed by atoms with van der Waals surface area (Å²) < 4.78 is 37.7. The van der Waals surface area contributed by atoms with Crippen LogP contribution in [0.1, 0.15) is 17.5 Å². The van der Waals surface area contributed by atoms with Gasteiger partial charge in [-0.05, 0) is 54.9 Å². The van der Waals surface area contributed by atoms with Gasteiger partial charge in [0.25, 0.3) is 0 Å². The lowest BCUT2D eigenvalue weighted by Crippen LogP contribution is -2.12. The molecule has 3 rings (SSSR count). The van der Waals surface area contributed by atoms with Crippen molar-refractivity contribution in [1.82, 2.24) is 4.90 Å². The van der Waals surface area contributed by atoms with E-state index in [1.807, 2.05) is 14.1 Å². The van der Waals surface area contributed by atoms with Gasteiger partial charge < -0.3 is 4.90 Å². The number of nitrogens with zero attached hydrogens (tertiary/aromatic N) is 1. The number of allylic oxidation sites excluding steroid dienone is 3. The standard InChI is InChI=1S/C16H16F3N/c1-20(2)9-14-13-8-7-12(15(13)14)10-3-5-11(6-4-10)16(17,18)19/h3-7,13H,8-9H2,1-2H3/t13-/m0/s1. The minimum atomic E-state index is -4.26. The Labute approximate surface area is 116 Å². The molecule has 0 heterocycles. The predicted octanol–water partition coefficient (Wildman–Crippen LogP) is 3.98.